The van der Waals surface area contributed by atoms with Gasteiger partial charge in [-0.25, -0.2) is 8.42 Å². The lowest BCUT2D eigenvalue weighted by Gasteiger charge is -2.36. The smallest absolute Gasteiger partial charge is 0.262 e. The van der Waals surface area contributed by atoms with Gasteiger partial charge in [-0.3, -0.25) is 9.59 Å². The number of benzene rings is 1. The molecule has 1 fully saturated rings. The molecule has 1 unspecified atom stereocenters. The molecule has 0 aliphatic carbocycles. The van der Waals surface area contributed by atoms with Gasteiger partial charge >= 0.3 is 0 Å². The van der Waals surface area contributed by atoms with Crippen molar-refractivity contribution in [3.63, 3.8) is 0 Å². The first kappa shape index (κ1) is 23.4. The van der Waals surface area contributed by atoms with E-state index in [9.17, 15) is 18.0 Å². The quantitative estimate of drug-likeness (QED) is 0.714. The average molecular weight is 464 g/mol. The maximum Gasteiger partial charge on any atom is 0.262 e. The number of aryl methyl sites for hydroxylation is 2. The molecular weight excluding hydrogens is 434 g/mol. The highest BCUT2D eigenvalue weighted by Crippen LogP contribution is 2.23. The van der Waals surface area contributed by atoms with Crippen LogP contribution in [0.1, 0.15) is 34.6 Å². The number of nitrogens with one attached hydrogen (secondary N) is 1. The molecule has 0 saturated carbocycles. The van der Waals surface area contributed by atoms with Gasteiger partial charge in [0.15, 0.2) is 0 Å². The van der Waals surface area contributed by atoms with E-state index >= 15 is 0 Å². The summed E-state index contributed by atoms with van der Waals surface area (Å²) in [5.74, 6) is -0.532. The SMILES string of the molecule is Cc1ccc(C)c(S(=O)(=O)N2CCN(C(=O)C(NC(=O)c3cccs3)C(C)C)CC2)c1. The van der Waals surface area contributed by atoms with Crippen molar-refractivity contribution in [1.29, 1.82) is 0 Å². The molecule has 0 spiro atoms. The molecule has 168 valence electrons. The number of hydrogen-bond acceptors (Lipinski definition) is 5. The topological polar surface area (TPSA) is 86.8 Å². The third-order valence-electron chi connectivity index (χ3n) is 5.48. The molecule has 1 aliphatic rings. The van der Waals surface area contributed by atoms with E-state index in [0.29, 0.717) is 28.4 Å². The molecule has 1 saturated heterocycles. The van der Waals surface area contributed by atoms with Crippen molar-refractivity contribution in [2.45, 2.75) is 38.6 Å². The fourth-order valence-electron chi connectivity index (χ4n) is 3.60. The van der Waals surface area contributed by atoms with Crippen molar-refractivity contribution in [1.82, 2.24) is 14.5 Å². The van der Waals surface area contributed by atoms with Gasteiger partial charge in [0.05, 0.1) is 9.77 Å². The molecule has 7 nitrogen and oxygen atoms in total. The minimum absolute atomic E-state index is 0.0897. The molecule has 0 bridgehead atoms. The summed E-state index contributed by atoms with van der Waals surface area (Å²) in [6.45, 7) is 8.47. The van der Waals surface area contributed by atoms with Gasteiger partial charge in [0.1, 0.15) is 6.04 Å². The van der Waals surface area contributed by atoms with Gasteiger partial charge < -0.3 is 10.2 Å². The number of sulfonamides is 1. The molecule has 9 heteroatoms. The van der Waals surface area contributed by atoms with Crippen LogP contribution < -0.4 is 5.32 Å². The summed E-state index contributed by atoms with van der Waals surface area (Å²) in [5, 5.41) is 4.66. The number of thiophene rings is 1. The summed E-state index contributed by atoms with van der Waals surface area (Å²) in [7, 11) is -3.62. The third kappa shape index (κ3) is 5.16. The Morgan fingerprint density at radius 3 is 2.32 bits per heavy atom. The monoisotopic (exact) mass is 463 g/mol. The lowest BCUT2D eigenvalue weighted by Crippen LogP contribution is -2.57. The average Bonchev–Trinajstić information content (AvgIpc) is 3.28. The highest BCUT2D eigenvalue weighted by atomic mass is 32.2. The van der Waals surface area contributed by atoms with Crippen LogP contribution in [0, 0.1) is 19.8 Å². The molecule has 1 aromatic carbocycles. The number of rotatable bonds is 6. The van der Waals surface area contributed by atoms with Gasteiger partial charge in [-0.15, -0.1) is 11.3 Å². The normalized spacial score (nSPS) is 16.4. The molecule has 2 amide bonds. The number of carbonyl (C=O) groups excluding carboxylic acids is 2. The van der Waals surface area contributed by atoms with Crippen LogP contribution in [-0.4, -0.2) is 61.7 Å². The van der Waals surface area contributed by atoms with Crippen molar-refractivity contribution < 1.29 is 18.0 Å². The zero-order chi connectivity index (χ0) is 22.8. The van der Waals surface area contributed by atoms with Crippen LogP contribution in [0.4, 0.5) is 0 Å². The Morgan fingerprint density at radius 2 is 1.74 bits per heavy atom. The Labute approximate surface area is 188 Å². The maximum absolute atomic E-state index is 13.1. The number of carbonyl (C=O) groups is 2. The molecular formula is C22H29N3O4S2. The first-order valence-electron chi connectivity index (χ1n) is 10.3. The number of nitrogens with zero attached hydrogens (tertiary/aromatic N) is 2. The number of amides is 2. The predicted molar refractivity (Wildman–Crippen MR) is 122 cm³/mol. The van der Waals surface area contributed by atoms with Gasteiger partial charge in [0.2, 0.25) is 15.9 Å². The van der Waals surface area contributed by atoms with E-state index in [-0.39, 0.29) is 30.8 Å². The van der Waals surface area contributed by atoms with Crippen LogP contribution in [0.25, 0.3) is 0 Å². The molecule has 2 aromatic rings. The third-order valence-corrected chi connectivity index (χ3v) is 8.39. The van der Waals surface area contributed by atoms with Crippen LogP contribution in [0.2, 0.25) is 0 Å². The van der Waals surface area contributed by atoms with E-state index in [1.165, 1.54) is 15.6 Å². The largest absolute Gasteiger partial charge is 0.339 e. The summed E-state index contributed by atoms with van der Waals surface area (Å²) in [5.41, 5.74) is 1.60. The summed E-state index contributed by atoms with van der Waals surface area (Å²) < 4.78 is 27.7. The Kier molecular flexibility index (Phi) is 7.18. The molecule has 0 radical (unpaired) electrons. The summed E-state index contributed by atoms with van der Waals surface area (Å²) in [6, 6.07) is 8.25. The van der Waals surface area contributed by atoms with E-state index in [4.69, 9.17) is 0 Å². The zero-order valence-corrected chi connectivity index (χ0v) is 19.9. The second-order valence-electron chi connectivity index (χ2n) is 8.17. The van der Waals surface area contributed by atoms with Gasteiger partial charge in [-0.05, 0) is 48.4 Å². The molecule has 31 heavy (non-hydrogen) atoms. The number of piperazine rings is 1. The molecule has 1 aromatic heterocycles. The number of hydrogen-bond donors (Lipinski definition) is 1. The van der Waals surface area contributed by atoms with E-state index in [2.05, 4.69) is 5.32 Å². The summed E-state index contributed by atoms with van der Waals surface area (Å²) in [6.07, 6.45) is 0. The Morgan fingerprint density at radius 1 is 1.06 bits per heavy atom. The maximum atomic E-state index is 13.1. The lowest BCUT2D eigenvalue weighted by molar-refractivity contribution is -0.135. The van der Waals surface area contributed by atoms with Crippen LogP contribution in [-0.2, 0) is 14.8 Å². The molecule has 2 heterocycles. The van der Waals surface area contributed by atoms with Gasteiger partial charge in [-0.1, -0.05) is 32.0 Å². The Hall–Kier alpha value is -2.23. The van der Waals surface area contributed by atoms with Gasteiger partial charge in [0.25, 0.3) is 5.91 Å². The van der Waals surface area contributed by atoms with Crippen molar-refractivity contribution in [2.24, 2.45) is 5.92 Å². The van der Waals surface area contributed by atoms with Crippen molar-refractivity contribution in [3.8, 4) is 0 Å². The van der Waals surface area contributed by atoms with Crippen LogP contribution in [0.15, 0.2) is 40.6 Å². The van der Waals surface area contributed by atoms with E-state index in [1.807, 2.05) is 38.3 Å². The second kappa shape index (κ2) is 9.50. The van der Waals surface area contributed by atoms with Crippen LogP contribution in [0.5, 0.6) is 0 Å². The molecule has 1 N–H and O–H groups in total. The van der Waals surface area contributed by atoms with Crippen molar-refractivity contribution >= 4 is 33.2 Å². The minimum atomic E-state index is -3.62. The Balaban J connectivity index is 1.68. The van der Waals surface area contributed by atoms with Crippen LogP contribution in [0.3, 0.4) is 0 Å². The fraction of sp³-hybridized carbons (Fsp3) is 0.455. The lowest BCUT2D eigenvalue weighted by atomic mass is 10.0. The standard InChI is InChI=1S/C22H29N3O4S2/c1-15(2)20(23-21(26)18-6-5-13-30-18)22(27)24-9-11-25(12-10-24)31(28,29)19-14-16(3)7-8-17(19)4/h5-8,13-15,20H,9-12H2,1-4H3,(H,23,26). The second-order valence-corrected chi connectivity index (χ2v) is 11.0. The predicted octanol–water partition coefficient (Wildman–Crippen LogP) is 2.65. The first-order valence-corrected chi connectivity index (χ1v) is 12.6. The van der Waals surface area contributed by atoms with Crippen molar-refractivity contribution in [2.75, 3.05) is 26.2 Å². The van der Waals surface area contributed by atoms with Crippen LogP contribution >= 0.6 is 11.3 Å². The minimum Gasteiger partial charge on any atom is -0.339 e. The summed E-state index contributed by atoms with van der Waals surface area (Å²) >= 11 is 1.32. The first-order chi connectivity index (χ1) is 14.6. The van der Waals surface area contributed by atoms with Gasteiger partial charge in [-0.2, -0.15) is 4.31 Å². The van der Waals surface area contributed by atoms with E-state index < -0.39 is 16.1 Å². The van der Waals surface area contributed by atoms with Crippen molar-refractivity contribution in [3.05, 3.63) is 51.7 Å². The van der Waals surface area contributed by atoms with Gasteiger partial charge in [0, 0.05) is 26.2 Å². The summed E-state index contributed by atoms with van der Waals surface area (Å²) in [4.78, 5) is 28.1. The molecule has 1 aliphatic heterocycles. The zero-order valence-electron chi connectivity index (χ0n) is 18.3. The van der Waals surface area contributed by atoms with E-state index in [0.717, 1.165) is 5.56 Å². The van der Waals surface area contributed by atoms with E-state index in [1.54, 1.807) is 30.0 Å². The fourth-order valence-corrected chi connectivity index (χ4v) is 5.96. The highest BCUT2D eigenvalue weighted by molar-refractivity contribution is 7.89. The molecule has 1 atom stereocenters. The highest BCUT2D eigenvalue weighted by Gasteiger charge is 2.34. The molecule has 3 rings (SSSR count). The Bertz CT molecular complexity index is 1040.